The van der Waals surface area contributed by atoms with Crippen LogP contribution >= 0.6 is 23.2 Å². The number of ether oxygens (including phenoxy) is 1. The maximum Gasteiger partial charge on any atom is 0.289 e. The molecule has 3 rings (SSSR count). The fourth-order valence-corrected chi connectivity index (χ4v) is 3.05. The molecule has 0 aliphatic heterocycles. The first-order valence-corrected chi connectivity index (χ1v) is 10.4. The van der Waals surface area contributed by atoms with Gasteiger partial charge in [-0.15, -0.1) is 0 Å². The molecule has 11 heteroatoms. The summed E-state index contributed by atoms with van der Waals surface area (Å²) in [6.45, 7) is 1.62. The number of nitrogens with zero attached hydrogens (tertiary/aromatic N) is 5. The Labute approximate surface area is 200 Å². The SMILES string of the molecule is CC(=O)N(C)c1ncc(Cl)cc1OCCNC(=O)c1ncc(Cl)c(-c2ccc(C#N)cc2)n1. The maximum absolute atomic E-state index is 12.5. The van der Waals surface area contributed by atoms with Gasteiger partial charge < -0.3 is 10.1 Å². The van der Waals surface area contributed by atoms with Gasteiger partial charge in [0, 0.05) is 31.8 Å². The minimum Gasteiger partial charge on any atom is -0.488 e. The third-order valence-electron chi connectivity index (χ3n) is 4.47. The van der Waals surface area contributed by atoms with Crippen LogP contribution in [0.3, 0.4) is 0 Å². The molecule has 2 amide bonds. The van der Waals surface area contributed by atoms with E-state index < -0.39 is 5.91 Å². The number of rotatable bonds is 7. The number of hydrogen-bond donors (Lipinski definition) is 1. The highest BCUT2D eigenvalue weighted by molar-refractivity contribution is 6.33. The van der Waals surface area contributed by atoms with Gasteiger partial charge in [0.1, 0.15) is 6.61 Å². The molecular formula is C22H18Cl2N6O3. The molecule has 0 atom stereocenters. The third-order valence-corrected chi connectivity index (χ3v) is 4.95. The number of benzene rings is 1. The molecular weight excluding hydrogens is 467 g/mol. The van der Waals surface area contributed by atoms with E-state index in [0.29, 0.717) is 33.4 Å². The van der Waals surface area contributed by atoms with Crippen molar-refractivity contribution in [3.8, 4) is 23.1 Å². The topological polar surface area (TPSA) is 121 Å². The molecule has 1 aromatic carbocycles. The van der Waals surface area contributed by atoms with E-state index in [0.717, 1.165) is 0 Å². The van der Waals surface area contributed by atoms with Gasteiger partial charge >= 0.3 is 0 Å². The molecule has 168 valence electrons. The number of anilines is 1. The fourth-order valence-electron chi connectivity index (χ4n) is 2.71. The number of carbonyl (C=O) groups excluding carboxylic acids is 2. The van der Waals surface area contributed by atoms with Gasteiger partial charge in [-0.3, -0.25) is 14.5 Å². The molecule has 2 aromatic heterocycles. The summed E-state index contributed by atoms with van der Waals surface area (Å²) < 4.78 is 5.67. The second-order valence-corrected chi connectivity index (χ2v) is 7.58. The minimum absolute atomic E-state index is 0.0693. The van der Waals surface area contributed by atoms with E-state index in [1.807, 2.05) is 6.07 Å². The molecule has 9 nitrogen and oxygen atoms in total. The Bertz CT molecular complexity index is 1230. The quantitative estimate of drug-likeness (QED) is 0.509. The van der Waals surface area contributed by atoms with Gasteiger partial charge in [-0.05, 0) is 12.1 Å². The summed E-state index contributed by atoms with van der Waals surface area (Å²) in [7, 11) is 1.57. The largest absolute Gasteiger partial charge is 0.488 e. The van der Waals surface area contributed by atoms with E-state index in [1.54, 1.807) is 31.3 Å². The maximum atomic E-state index is 12.5. The lowest BCUT2D eigenvalue weighted by atomic mass is 10.1. The van der Waals surface area contributed by atoms with Crippen LogP contribution in [0, 0.1) is 11.3 Å². The summed E-state index contributed by atoms with van der Waals surface area (Å²) in [4.78, 5) is 37.8. The van der Waals surface area contributed by atoms with Crippen molar-refractivity contribution in [2.45, 2.75) is 6.92 Å². The van der Waals surface area contributed by atoms with Gasteiger partial charge in [-0.25, -0.2) is 15.0 Å². The molecule has 0 saturated heterocycles. The first-order valence-electron chi connectivity index (χ1n) is 9.64. The van der Waals surface area contributed by atoms with Gasteiger partial charge in [-0.1, -0.05) is 35.3 Å². The Balaban J connectivity index is 1.65. The first-order chi connectivity index (χ1) is 15.8. The molecule has 0 radical (unpaired) electrons. The summed E-state index contributed by atoms with van der Waals surface area (Å²) in [5.41, 5.74) is 1.52. The predicted molar refractivity (Wildman–Crippen MR) is 123 cm³/mol. The van der Waals surface area contributed by atoms with Crippen LogP contribution in [0.1, 0.15) is 23.1 Å². The number of amides is 2. The molecule has 1 N–H and O–H groups in total. The van der Waals surface area contributed by atoms with E-state index in [-0.39, 0.29) is 29.9 Å². The van der Waals surface area contributed by atoms with Crippen molar-refractivity contribution in [1.29, 1.82) is 5.26 Å². The number of pyridine rings is 1. The minimum atomic E-state index is -0.518. The number of nitrogens with one attached hydrogen (secondary N) is 1. The summed E-state index contributed by atoms with van der Waals surface area (Å²) >= 11 is 12.2. The van der Waals surface area contributed by atoms with Crippen LogP contribution in [0.15, 0.2) is 42.7 Å². The molecule has 33 heavy (non-hydrogen) atoms. The Hall–Kier alpha value is -3.74. The van der Waals surface area contributed by atoms with Crippen molar-refractivity contribution in [3.05, 3.63) is 64.2 Å². The van der Waals surface area contributed by atoms with Gasteiger partial charge in [-0.2, -0.15) is 5.26 Å². The third kappa shape index (κ3) is 5.94. The predicted octanol–water partition coefficient (Wildman–Crippen LogP) is 3.51. The van der Waals surface area contributed by atoms with Gasteiger partial charge in [0.25, 0.3) is 5.91 Å². The standard InChI is InChI=1S/C22H18Cl2N6O3/c1-13(31)30(2)21-18(9-16(23)11-28-21)33-8-7-26-22(32)20-27-12-17(24)19(29-20)15-5-3-14(10-25)4-6-15/h3-6,9,11-12H,7-8H2,1-2H3,(H,26,32). The summed E-state index contributed by atoms with van der Waals surface area (Å²) in [5, 5.41) is 12.2. The summed E-state index contributed by atoms with van der Waals surface area (Å²) in [6.07, 6.45) is 2.75. The van der Waals surface area contributed by atoms with Crippen molar-refractivity contribution in [2.24, 2.45) is 0 Å². The summed E-state index contributed by atoms with van der Waals surface area (Å²) in [5.74, 6) is -0.191. The molecule has 0 saturated carbocycles. The van der Waals surface area contributed by atoms with Crippen LogP contribution < -0.4 is 15.0 Å². The normalized spacial score (nSPS) is 10.3. The lowest BCUT2D eigenvalue weighted by Gasteiger charge is -2.18. The highest BCUT2D eigenvalue weighted by Gasteiger charge is 2.16. The van der Waals surface area contributed by atoms with Crippen molar-refractivity contribution in [3.63, 3.8) is 0 Å². The average molecular weight is 485 g/mol. The second-order valence-electron chi connectivity index (χ2n) is 6.74. The van der Waals surface area contributed by atoms with Crippen molar-refractivity contribution < 1.29 is 14.3 Å². The smallest absolute Gasteiger partial charge is 0.289 e. The van der Waals surface area contributed by atoms with Gasteiger partial charge in [0.2, 0.25) is 11.7 Å². The van der Waals surface area contributed by atoms with Crippen LogP contribution in [0.4, 0.5) is 5.82 Å². The van der Waals surface area contributed by atoms with Crippen molar-refractivity contribution >= 4 is 40.8 Å². The number of aromatic nitrogens is 3. The van der Waals surface area contributed by atoms with Crippen LogP contribution in [0.5, 0.6) is 5.75 Å². The molecule has 0 aliphatic rings. The zero-order valence-electron chi connectivity index (χ0n) is 17.7. The molecule has 0 unspecified atom stereocenters. The Morgan fingerprint density at radius 1 is 1.18 bits per heavy atom. The zero-order chi connectivity index (χ0) is 24.0. The highest BCUT2D eigenvalue weighted by Crippen LogP contribution is 2.28. The van der Waals surface area contributed by atoms with E-state index in [4.69, 9.17) is 33.2 Å². The number of hydrogen-bond acceptors (Lipinski definition) is 7. The highest BCUT2D eigenvalue weighted by atomic mass is 35.5. The fraction of sp³-hybridized carbons (Fsp3) is 0.182. The van der Waals surface area contributed by atoms with Gasteiger partial charge in [0.15, 0.2) is 11.6 Å². The lowest BCUT2D eigenvalue weighted by molar-refractivity contribution is -0.116. The molecule has 0 aliphatic carbocycles. The van der Waals surface area contributed by atoms with Crippen molar-refractivity contribution in [2.75, 3.05) is 25.1 Å². The van der Waals surface area contributed by atoms with E-state index in [9.17, 15) is 9.59 Å². The van der Waals surface area contributed by atoms with E-state index in [2.05, 4.69) is 20.3 Å². The summed E-state index contributed by atoms with van der Waals surface area (Å²) in [6, 6.07) is 10.2. The molecule has 3 aromatic rings. The van der Waals surface area contributed by atoms with Crippen LogP contribution in [0.25, 0.3) is 11.3 Å². The van der Waals surface area contributed by atoms with E-state index in [1.165, 1.54) is 30.3 Å². The zero-order valence-corrected chi connectivity index (χ0v) is 19.2. The van der Waals surface area contributed by atoms with Crippen LogP contribution in [-0.2, 0) is 4.79 Å². The first kappa shape index (κ1) is 23.9. The van der Waals surface area contributed by atoms with Crippen LogP contribution in [0.2, 0.25) is 10.0 Å². The molecule has 0 spiro atoms. The molecule has 0 bridgehead atoms. The van der Waals surface area contributed by atoms with Crippen LogP contribution in [-0.4, -0.2) is 47.0 Å². The number of halogens is 2. The molecule has 2 heterocycles. The second kappa shape index (κ2) is 10.7. The van der Waals surface area contributed by atoms with Crippen molar-refractivity contribution in [1.82, 2.24) is 20.3 Å². The monoisotopic (exact) mass is 484 g/mol. The Morgan fingerprint density at radius 3 is 2.58 bits per heavy atom. The van der Waals surface area contributed by atoms with E-state index >= 15 is 0 Å². The van der Waals surface area contributed by atoms with Gasteiger partial charge in [0.05, 0.1) is 40.1 Å². The average Bonchev–Trinajstić information content (AvgIpc) is 2.81. The Morgan fingerprint density at radius 2 is 1.91 bits per heavy atom. The number of carbonyl (C=O) groups is 2. The number of nitriles is 1. The molecule has 0 fully saturated rings. The Kier molecular flexibility index (Phi) is 7.77. The lowest BCUT2D eigenvalue weighted by Crippen LogP contribution is -2.30.